The number of rotatable bonds is 11. The number of nitrogens with zero attached hydrogens (tertiary/aromatic N) is 4. The quantitative estimate of drug-likeness (QED) is 0.571. The molecular weight excluding hydrogens is 410 g/mol. The standard InChI is InChI=1S/C23H31N5O4/c1-18(15-30-16-19-9-5-3-4-6-10-19)22-25-26-27-28(22)13-14-31-21-12-8-7-11-20(21)17-32-23(29)24-2/h3-5,7-9,11-12,18-19H,6,10,13-17H2,1-2H3,(H,24,29). The summed E-state index contributed by atoms with van der Waals surface area (Å²) in [6, 6.07) is 7.45. The maximum atomic E-state index is 11.3. The van der Waals surface area contributed by atoms with Gasteiger partial charge < -0.3 is 19.5 Å². The van der Waals surface area contributed by atoms with Gasteiger partial charge in [-0.05, 0) is 29.3 Å². The largest absolute Gasteiger partial charge is 0.491 e. The Kier molecular flexibility index (Phi) is 9.24. The second-order valence-corrected chi connectivity index (χ2v) is 7.63. The van der Waals surface area contributed by atoms with E-state index in [2.05, 4.69) is 52.1 Å². The van der Waals surface area contributed by atoms with Gasteiger partial charge in [0.1, 0.15) is 19.0 Å². The van der Waals surface area contributed by atoms with Crippen LogP contribution in [0.4, 0.5) is 4.79 Å². The van der Waals surface area contributed by atoms with Crippen molar-refractivity contribution in [2.24, 2.45) is 5.92 Å². The number of tetrazole rings is 1. The van der Waals surface area contributed by atoms with Crippen LogP contribution in [0, 0.1) is 5.92 Å². The Morgan fingerprint density at radius 1 is 1.31 bits per heavy atom. The minimum Gasteiger partial charge on any atom is -0.491 e. The van der Waals surface area contributed by atoms with Gasteiger partial charge in [-0.1, -0.05) is 49.4 Å². The molecule has 1 aliphatic carbocycles. The summed E-state index contributed by atoms with van der Waals surface area (Å²) in [4.78, 5) is 11.3. The molecular formula is C23H31N5O4. The van der Waals surface area contributed by atoms with Crippen molar-refractivity contribution in [3.63, 3.8) is 0 Å². The van der Waals surface area contributed by atoms with Crippen molar-refractivity contribution in [2.45, 2.75) is 38.8 Å². The summed E-state index contributed by atoms with van der Waals surface area (Å²) in [5, 5.41) is 14.5. The molecule has 3 rings (SSSR count). The number of allylic oxidation sites excluding steroid dienone is 3. The number of nitrogens with one attached hydrogen (secondary N) is 1. The molecule has 0 saturated heterocycles. The summed E-state index contributed by atoms with van der Waals surface area (Å²) < 4.78 is 18.7. The number of benzene rings is 1. The Labute approximate surface area is 188 Å². The van der Waals surface area contributed by atoms with Crippen LogP contribution in [0.5, 0.6) is 5.75 Å². The molecule has 2 aromatic rings. The molecule has 1 amide bonds. The van der Waals surface area contributed by atoms with Crippen LogP contribution in [0.25, 0.3) is 0 Å². The molecule has 2 unspecified atom stereocenters. The SMILES string of the molecule is CNC(=O)OCc1ccccc1OCCn1nnnc1C(C)COCC1C=CC=CCC1. The Morgan fingerprint density at radius 3 is 3.06 bits per heavy atom. The fourth-order valence-corrected chi connectivity index (χ4v) is 3.36. The van der Waals surface area contributed by atoms with E-state index in [4.69, 9.17) is 14.2 Å². The first-order valence-electron chi connectivity index (χ1n) is 10.9. The van der Waals surface area contributed by atoms with E-state index in [1.54, 1.807) is 4.68 Å². The van der Waals surface area contributed by atoms with Crippen molar-refractivity contribution in [3.8, 4) is 5.75 Å². The van der Waals surface area contributed by atoms with Gasteiger partial charge in [-0.15, -0.1) is 5.10 Å². The molecule has 0 saturated carbocycles. The first-order chi connectivity index (χ1) is 15.7. The first kappa shape index (κ1) is 23.5. The predicted octanol–water partition coefficient (Wildman–Crippen LogP) is 3.25. The number of amides is 1. The summed E-state index contributed by atoms with van der Waals surface area (Å²) >= 11 is 0. The Morgan fingerprint density at radius 2 is 2.19 bits per heavy atom. The lowest BCUT2D eigenvalue weighted by Gasteiger charge is -2.16. The van der Waals surface area contributed by atoms with Crippen molar-refractivity contribution in [1.29, 1.82) is 0 Å². The van der Waals surface area contributed by atoms with Gasteiger partial charge >= 0.3 is 6.09 Å². The summed E-state index contributed by atoms with van der Waals surface area (Å²) in [7, 11) is 1.52. The molecule has 0 spiro atoms. The molecule has 1 aromatic carbocycles. The van der Waals surface area contributed by atoms with E-state index >= 15 is 0 Å². The van der Waals surface area contributed by atoms with Gasteiger partial charge in [0.05, 0.1) is 19.8 Å². The average Bonchev–Trinajstić information content (AvgIpc) is 3.13. The van der Waals surface area contributed by atoms with Gasteiger partial charge in [0.25, 0.3) is 0 Å². The van der Waals surface area contributed by atoms with E-state index < -0.39 is 6.09 Å². The second kappa shape index (κ2) is 12.6. The normalized spacial score (nSPS) is 16.4. The molecule has 9 nitrogen and oxygen atoms in total. The van der Waals surface area contributed by atoms with Crippen LogP contribution >= 0.6 is 0 Å². The summed E-state index contributed by atoms with van der Waals surface area (Å²) in [5.74, 6) is 1.93. The van der Waals surface area contributed by atoms with Crippen molar-refractivity contribution >= 4 is 6.09 Å². The first-order valence-corrected chi connectivity index (χ1v) is 10.9. The van der Waals surface area contributed by atoms with Gasteiger partial charge in [0.15, 0.2) is 5.82 Å². The highest BCUT2D eigenvalue weighted by Gasteiger charge is 2.16. The van der Waals surface area contributed by atoms with Crippen LogP contribution in [0.15, 0.2) is 48.6 Å². The number of hydrogen-bond donors (Lipinski definition) is 1. The summed E-state index contributed by atoms with van der Waals surface area (Å²) in [6.45, 7) is 4.31. The maximum absolute atomic E-state index is 11.3. The molecule has 1 aliphatic rings. The molecule has 32 heavy (non-hydrogen) atoms. The lowest BCUT2D eigenvalue weighted by molar-refractivity contribution is 0.0982. The van der Waals surface area contributed by atoms with Gasteiger partial charge in [0, 0.05) is 24.4 Å². The number of ether oxygens (including phenoxy) is 3. The highest BCUT2D eigenvalue weighted by molar-refractivity contribution is 5.66. The van der Waals surface area contributed by atoms with Gasteiger partial charge in [0.2, 0.25) is 0 Å². The molecule has 172 valence electrons. The maximum Gasteiger partial charge on any atom is 0.407 e. The Hall–Kier alpha value is -3.20. The van der Waals surface area contributed by atoms with Crippen LogP contribution in [0.1, 0.15) is 37.1 Å². The molecule has 1 aromatic heterocycles. The lowest BCUT2D eigenvalue weighted by Crippen LogP contribution is -2.19. The minimum absolute atomic E-state index is 0.0612. The third-order valence-corrected chi connectivity index (χ3v) is 5.13. The van der Waals surface area contributed by atoms with Gasteiger partial charge in [-0.25, -0.2) is 9.48 Å². The van der Waals surface area contributed by atoms with E-state index in [0.717, 1.165) is 24.2 Å². The Balaban J connectivity index is 1.46. The monoisotopic (exact) mass is 441 g/mol. The summed E-state index contributed by atoms with van der Waals surface area (Å²) in [6.07, 6.45) is 10.3. The molecule has 1 heterocycles. The van der Waals surface area contributed by atoms with E-state index in [0.29, 0.717) is 38.0 Å². The van der Waals surface area contributed by atoms with Crippen LogP contribution in [0.2, 0.25) is 0 Å². The number of carbonyl (C=O) groups excluding carboxylic acids is 1. The van der Waals surface area contributed by atoms with E-state index in [-0.39, 0.29) is 12.5 Å². The van der Waals surface area contributed by atoms with Crippen molar-refractivity contribution < 1.29 is 19.0 Å². The molecule has 0 bridgehead atoms. The smallest absolute Gasteiger partial charge is 0.407 e. The number of aromatic nitrogens is 4. The third kappa shape index (κ3) is 7.19. The molecule has 0 radical (unpaired) electrons. The van der Waals surface area contributed by atoms with E-state index in [1.165, 1.54) is 7.05 Å². The molecule has 2 atom stereocenters. The highest BCUT2D eigenvalue weighted by atomic mass is 16.5. The van der Waals surface area contributed by atoms with Gasteiger partial charge in [-0.3, -0.25) is 0 Å². The zero-order valence-electron chi connectivity index (χ0n) is 18.6. The molecule has 9 heteroatoms. The molecule has 0 aliphatic heterocycles. The molecule has 1 N–H and O–H groups in total. The van der Waals surface area contributed by atoms with Crippen LogP contribution in [-0.4, -0.2) is 53.2 Å². The van der Waals surface area contributed by atoms with Crippen LogP contribution in [0.3, 0.4) is 0 Å². The predicted molar refractivity (Wildman–Crippen MR) is 119 cm³/mol. The van der Waals surface area contributed by atoms with Crippen molar-refractivity contribution in [3.05, 3.63) is 60.0 Å². The fourth-order valence-electron chi connectivity index (χ4n) is 3.36. The van der Waals surface area contributed by atoms with Crippen LogP contribution < -0.4 is 10.1 Å². The van der Waals surface area contributed by atoms with E-state index in [9.17, 15) is 4.79 Å². The summed E-state index contributed by atoms with van der Waals surface area (Å²) in [5.41, 5.74) is 0.789. The number of hydrogen-bond acceptors (Lipinski definition) is 7. The highest BCUT2D eigenvalue weighted by Crippen LogP contribution is 2.20. The zero-order valence-corrected chi connectivity index (χ0v) is 18.6. The van der Waals surface area contributed by atoms with E-state index in [1.807, 2.05) is 24.3 Å². The Bertz CT molecular complexity index is 911. The average molecular weight is 442 g/mol. The lowest BCUT2D eigenvalue weighted by atomic mass is 10.1. The van der Waals surface area contributed by atoms with Crippen LogP contribution in [-0.2, 0) is 22.6 Å². The number of para-hydroxylation sites is 1. The number of carbonyl (C=O) groups is 1. The van der Waals surface area contributed by atoms with Crippen molar-refractivity contribution in [1.82, 2.24) is 25.5 Å². The molecule has 0 fully saturated rings. The van der Waals surface area contributed by atoms with Gasteiger partial charge in [-0.2, -0.15) is 0 Å². The second-order valence-electron chi connectivity index (χ2n) is 7.63. The topological polar surface area (TPSA) is 100 Å². The van der Waals surface area contributed by atoms with Crippen molar-refractivity contribution in [2.75, 3.05) is 26.9 Å². The third-order valence-electron chi connectivity index (χ3n) is 5.13. The zero-order chi connectivity index (χ0) is 22.6. The minimum atomic E-state index is -0.485. The fraction of sp³-hybridized carbons (Fsp3) is 0.478. The number of alkyl carbamates (subject to hydrolysis) is 1.